The van der Waals surface area contributed by atoms with Crippen LogP contribution >= 0.6 is 0 Å². The second-order valence-electron chi connectivity index (χ2n) is 5.10. The van der Waals surface area contributed by atoms with Gasteiger partial charge in [-0.2, -0.15) is 26.3 Å². The molecule has 0 aliphatic heterocycles. The van der Waals surface area contributed by atoms with E-state index in [1.807, 2.05) is 6.08 Å². The van der Waals surface area contributed by atoms with Crippen molar-refractivity contribution in [2.75, 3.05) is 0 Å². The van der Waals surface area contributed by atoms with E-state index in [9.17, 15) is 26.3 Å². The maximum absolute atomic E-state index is 12.5. The molecule has 0 unspecified atom stereocenters. The van der Waals surface area contributed by atoms with E-state index >= 15 is 0 Å². The summed E-state index contributed by atoms with van der Waals surface area (Å²) in [5, 5.41) is 9.10. The van der Waals surface area contributed by atoms with Crippen LogP contribution in [0.2, 0.25) is 0 Å². The number of allylic oxidation sites excluding steroid dienone is 2. The van der Waals surface area contributed by atoms with Crippen LogP contribution in [-0.2, 0) is 0 Å². The Morgan fingerprint density at radius 1 is 0.944 bits per heavy atom. The van der Waals surface area contributed by atoms with Crippen LogP contribution in [-0.4, -0.2) is 23.1 Å². The minimum absolute atomic E-state index is 0.0608. The van der Waals surface area contributed by atoms with Gasteiger partial charge >= 0.3 is 12.4 Å². The van der Waals surface area contributed by atoms with Crippen LogP contribution in [0, 0.1) is 17.8 Å². The third-order valence-electron chi connectivity index (χ3n) is 3.91. The minimum atomic E-state index is -5.70. The molecule has 104 valence electrons. The molecule has 1 saturated carbocycles. The predicted molar refractivity (Wildman–Crippen MR) is 50.5 cm³/mol. The maximum atomic E-state index is 12.5. The van der Waals surface area contributed by atoms with E-state index in [0.717, 1.165) is 0 Å². The van der Waals surface area contributed by atoms with Crippen molar-refractivity contribution >= 4 is 0 Å². The Kier molecular flexibility index (Phi) is 2.96. The van der Waals surface area contributed by atoms with Gasteiger partial charge in [0.1, 0.15) is 0 Å². The highest BCUT2D eigenvalue weighted by atomic mass is 19.4. The smallest absolute Gasteiger partial charge is 0.374 e. The maximum Gasteiger partial charge on any atom is 0.426 e. The van der Waals surface area contributed by atoms with Gasteiger partial charge in [0, 0.05) is 0 Å². The topological polar surface area (TPSA) is 20.2 Å². The first-order chi connectivity index (χ1) is 8.04. The molecule has 2 aliphatic carbocycles. The summed E-state index contributed by atoms with van der Waals surface area (Å²) in [6.07, 6.45) is -8.33. The van der Waals surface area contributed by atoms with Gasteiger partial charge in [-0.1, -0.05) is 12.2 Å². The molecule has 0 aromatic heterocycles. The molecular weight excluding hydrogens is 262 g/mol. The van der Waals surface area contributed by atoms with Gasteiger partial charge in [0.15, 0.2) is 0 Å². The number of fused-ring (bicyclic) bond motifs is 2. The molecule has 3 atom stereocenters. The van der Waals surface area contributed by atoms with Crippen molar-refractivity contribution in [1.82, 2.24) is 0 Å². The normalized spacial score (nSPS) is 32.3. The highest BCUT2D eigenvalue weighted by molar-refractivity contribution is 5.12. The molecule has 2 rings (SSSR count). The largest absolute Gasteiger partial charge is 0.426 e. The summed E-state index contributed by atoms with van der Waals surface area (Å²) in [7, 11) is 0. The van der Waals surface area contributed by atoms with E-state index in [-0.39, 0.29) is 18.3 Å². The third kappa shape index (κ3) is 2.02. The number of alkyl halides is 6. The van der Waals surface area contributed by atoms with Crippen LogP contribution < -0.4 is 0 Å². The SMILES string of the molecule is OC(C[C@H]1C[C@H]2C=C[C@H]1C2)(C(F)(F)F)C(F)(F)F. The van der Waals surface area contributed by atoms with Crippen LogP contribution in [0.1, 0.15) is 19.3 Å². The zero-order valence-electron chi connectivity index (χ0n) is 9.22. The van der Waals surface area contributed by atoms with Crippen LogP contribution in [0.25, 0.3) is 0 Å². The summed E-state index contributed by atoms with van der Waals surface area (Å²) in [4.78, 5) is 0. The van der Waals surface area contributed by atoms with E-state index in [1.165, 1.54) is 0 Å². The van der Waals surface area contributed by atoms with Crippen molar-refractivity contribution in [2.24, 2.45) is 17.8 Å². The Hall–Kier alpha value is -0.720. The van der Waals surface area contributed by atoms with E-state index < -0.39 is 30.3 Å². The zero-order valence-corrected chi connectivity index (χ0v) is 9.22. The molecule has 2 aliphatic rings. The first kappa shape index (κ1) is 13.7. The fourth-order valence-corrected chi connectivity index (χ4v) is 2.90. The van der Waals surface area contributed by atoms with Gasteiger partial charge < -0.3 is 5.11 Å². The molecule has 18 heavy (non-hydrogen) atoms. The van der Waals surface area contributed by atoms with E-state index in [0.29, 0.717) is 6.42 Å². The Balaban J connectivity index is 2.19. The van der Waals surface area contributed by atoms with Gasteiger partial charge in [-0.25, -0.2) is 0 Å². The monoisotopic (exact) mass is 274 g/mol. The number of hydrogen-bond acceptors (Lipinski definition) is 1. The average molecular weight is 274 g/mol. The minimum Gasteiger partial charge on any atom is -0.374 e. The van der Waals surface area contributed by atoms with Gasteiger partial charge in [0.05, 0.1) is 0 Å². The van der Waals surface area contributed by atoms with Crippen LogP contribution in [0.15, 0.2) is 12.2 Å². The zero-order chi connectivity index (χ0) is 13.8. The number of rotatable bonds is 2. The quantitative estimate of drug-likeness (QED) is 0.604. The molecule has 0 heterocycles. The van der Waals surface area contributed by atoms with Gasteiger partial charge in [0.25, 0.3) is 5.60 Å². The highest BCUT2D eigenvalue weighted by Crippen LogP contribution is 2.53. The van der Waals surface area contributed by atoms with Crippen molar-refractivity contribution < 1.29 is 31.4 Å². The molecule has 0 aromatic carbocycles. The van der Waals surface area contributed by atoms with Crippen molar-refractivity contribution in [3.05, 3.63) is 12.2 Å². The molecule has 0 amide bonds. The molecule has 7 heteroatoms. The van der Waals surface area contributed by atoms with Crippen LogP contribution in [0.3, 0.4) is 0 Å². The first-order valence-corrected chi connectivity index (χ1v) is 5.59. The average Bonchev–Trinajstić information content (AvgIpc) is 2.75. The summed E-state index contributed by atoms with van der Waals surface area (Å²) < 4.78 is 75.0. The Labute approximate surface area is 99.5 Å². The van der Waals surface area contributed by atoms with E-state index in [2.05, 4.69) is 0 Å². The second kappa shape index (κ2) is 3.88. The number of hydrogen-bond donors (Lipinski definition) is 1. The Bertz CT molecular complexity index is 342. The van der Waals surface area contributed by atoms with Crippen molar-refractivity contribution in [3.63, 3.8) is 0 Å². The van der Waals surface area contributed by atoms with Gasteiger partial charge in [0.2, 0.25) is 0 Å². The second-order valence-corrected chi connectivity index (χ2v) is 5.10. The lowest BCUT2D eigenvalue weighted by molar-refractivity contribution is -0.373. The highest BCUT2D eigenvalue weighted by Gasteiger charge is 2.71. The van der Waals surface area contributed by atoms with E-state index in [4.69, 9.17) is 5.11 Å². The number of aliphatic hydroxyl groups is 1. The van der Waals surface area contributed by atoms with Gasteiger partial charge in [-0.3, -0.25) is 0 Å². The molecule has 1 N–H and O–H groups in total. The van der Waals surface area contributed by atoms with Gasteiger partial charge in [-0.05, 0) is 37.0 Å². The summed E-state index contributed by atoms with van der Waals surface area (Å²) >= 11 is 0. The van der Waals surface area contributed by atoms with E-state index in [1.54, 1.807) is 6.08 Å². The lowest BCUT2D eigenvalue weighted by Gasteiger charge is -2.35. The summed E-state index contributed by atoms with van der Waals surface area (Å²) in [6, 6.07) is 0. The molecule has 1 fully saturated rings. The predicted octanol–water partition coefficient (Wildman–Crippen LogP) is 3.44. The van der Waals surface area contributed by atoms with Crippen LogP contribution in [0.5, 0.6) is 0 Å². The first-order valence-electron chi connectivity index (χ1n) is 5.59. The lowest BCUT2D eigenvalue weighted by atomic mass is 9.82. The van der Waals surface area contributed by atoms with Crippen LogP contribution in [0.4, 0.5) is 26.3 Å². The van der Waals surface area contributed by atoms with Crippen molar-refractivity contribution in [3.8, 4) is 0 Å². The Morgan fingerprint density at radius 2 is 1.50 bits per heavy atom. The number of halogens is 6. The molecule has 0 aromatic rings. The lowest BCUT2D eigenvalue weighted by Crippen LogP contribution is -2.58. The van der Waals surface area contributed by atoms with Crippen molar-refractivity contribution in [2.45, 2.75) is 37.2 Å². The fraction of sp³-hybridized carbons (Fsp3) is 0.818. The molecule has 0 saturated heterocycles. The van der Waals surface area contributed by atoms with Gasteiger partial charge in [-0.15, -0.1) is 0 Å². The molecule has 2 bridgehead atoms. The fourth-order valence-electron chi connectivity index (χ4n) is 2.90. The summed E-state index contributed by atoms with van der Waals surface area (Å²) in [6.45, 7) is 0. The molecule has 0 spiro atoms. The Morgan fingerprint density at radius 3 is 1.83 bits per heavy atom. The molecular formula is C11H12F6O. The summed E-state index contributed by atoms with van der Waals surface area (Å²) in [5.74, 6) is -0.967. The third-order valence-corrected chi connectivity index (χ3v) is 3.91. The molecule has 0 radical (unpaired) electrons. The summed E-state index contributed by atoms with van der Waals surface area (Å²) in [5.41, 5.74) is -4.59. The van der Waals surface area contributed by atoms with Crippen molar-refractivity contribution in [1.29, 1.82) is 0 Å². The molecule has 1 nitrogen and oxygen atoms in total. The standard InChI is InChI=1S/C11H12F6O/c12-10(13,14)9(18,11(15,16)17)5-8-4-6-1-2-7(8)3-6/h1-2,6-8,18H,3-5H2/t6-,7-,8+/m0/s1.